The van der Waals surface area contributed by atoms with Gasteiger partial charge in [-0.25, -0.2) is 4.98 Å². The van der Waals surface area contributed by atoms with Gasteiger partial charge in [-0.3, -0.25) is 4.79 Å². The Labute approximate surface area is 95.8 Å². The number of hydrogen-bond acceptors (Lipinski definition) is 3. The molecule has 0 saturated heterocycles. The summed E-state index contributed by atoms with van der Waals surface area (Å²) >= 11 is 0. The van der Waals surface area contributed by atoms with Gasteiger partial charge in [-0.1, -0.05) is 13.3 Å². The van der Waals surface area contributed by atoms with Crippen LogP contribution in [0.3, 0.4) is 0 Å². The molecule has 1 aromatic rings. The molecule has 96 valence electrons. The lowest BCUT2D eigenvalue weighted by Gasteiger charge is -2.07. The number of halogens is 3. The molecule has 1 aromatic heterocycles. The molecule has 17 heavy (non-hydrogen) atoms. The van der Waals surface area contributed by atoms with Crippen LogP contribution < -0.4 is 5.56 Å². The number of rotatable bonds is 5. The molecule has 0 radical (unpaired) electrons. The molecule has 1 N–H and O–H groups in total. The van der Waals surface area contributed by atoms with Crippen LogP contribution in [0.5, 0.6) is 0 Å². The molecule has 0 aliphatic rings. The fraction of sp³-hybridized carbons (Fsp3) is 0.600. The van der Waals surface area contributed by atoms with E-state index in [0.29, 0.717) is 12.1 Å². The first-order valence-electron chi connectivity index (χ1n) is 5.14. The highest BCUT2D eigenvalue weighted by molar-refractivity contribution is 5.02. The van der Waals surface area contributed by atoms with E-state index >= 15 is 0 Å². The van der Waals surface area contributed by atoms with Crippen molar-refractivity contribution in [2.24, 2.45) is 0 Å². The van der Waals surface area contributed by atoms with E-state index < -0.39 is 12.8 Å². The van der Waals surface area contributed by atoms with E-state index in [1.54, 1.807) is 0 Å². The van der Waals surface area contributed by atoms with E-state index in [1.807, 2.05) is 6.92 Å². The molecule has 0 aliphatic heterocycles. The Morgan fingerprint density at radius 3 is 2.76 bits per heavy atom. The Balaban J connectivity index is 2.62. The number of alkyl halides is 3. The minimum Gasteiger partial charge on any atom is -0.364 e. The minimum atomic E-state index is -4.37. The van der Waals surface area contributed by atoms with Crippen LogP contribution in [-0.2, 0) is 17.8 Å². The van der Waals surface area contributed by atoms with Gasteiger partial charge in [0.25, 0.3) is 5.56 Å². The molecule has 1 heterocycles. The SMILES string of the molecule is CCCc1cc(=O)[nH]c(COCC(F)(F)F)n1. The molecule has 0 saturated carbocycles. The van der Waals surface area contributed by atoms with Gasteiger partial charge < -0.3 is 9.72 Å². The lowest BCUT2D eigenvalue weighted by Crippen LogP contribution is -2.19. The van der Waals surface area contributed by atoms with Gasteiger partial charge in [0, 0.05) is 11.8 Å². The zero-order valence-electron chi connectivity index (χ0n) is 9.30. The standard InChI is InChI=1S/C10H13F3N2O2/c1-2-3-7-4-9(16)15-8(14-7)5-17-6-10(11,12)13/h4H,2-3,5-6H2,1H3,(H,14,15,16). The number of aromatic nitrogens is 2. The maximum absolute atomic E-state index is 11.8. The Morgan fingerprint density at radius 1 is 1.47 bits per heavy atom. The predicted molar refractivity (Wildman–Crippen MR) is 54.6 cm³/mol. The summed E-state index contributed by atoms with van der Waals surface area (Å²) in [5.41, 5.74) is 0.177. The van der Waals surface area contributed by atoms with Crippen LogP contribution in [-0.4, -0.2) is 22.8 Å². The number of nitrogens with zero attached hydrogens (tertiary/aromatic N) is 1. The Bertz CT molecular complexity index is 415. The molecular formula is C10H13F3N2O2. The summed E-state index contributed by atoms with van der Waals surface area (Å²) in [4.78, 5) is 17.5. The summed E-state index contributed by atoms with van der Waals surface area (Å²) in [6.07, 6.45) is -2.96. The highest BCUT2D eigenvalue weighted by atomic mass is 19.4. The number of aryl methyl sites for hydroxylation is 1. The van der Waals surface area contributed by atoms with Crippen molar-refractivity contribution in [1.82, 2.24) is 9.97 Å². The van der Waals surface area contributed by atoms with Crippen molar-refractivity contribution in [3.63, 3.8) is 0 Å². The molecule has 0 spiro atoms. The molecule has 1 rings (SSSR count). The molecule has 0 fully saturated rings. The van der Waals surface area contributed by atoms with Crippen LogP contribution in [0.4, 0.5) is 13.2 Å². The van der Waals surface area contributed by atoms with Gasteiger partial charge in [0.1, 0.15) is 19.0 Å². The van der Waals surface area contributed by atoms with Gasteiger partial charge in [0.05, 0.1) is 0 Å². The summed E-state index contributed by atoms with van der Waals surface area (Å²) < 4.78 is 39.9. The van der Waals surface area contributed by atoms with E-state index in [0.717, 1.165) is 6.42 Å². The minimum absolute atomic E-state index is 0.116. The summed E-state index contributed by atoms with van der Waals surface area (Å²) in [7, 11) is 0. The monoisotopic (exact) mass is 250 g/mol. The highest BCUT2D eigenvalue weighted by Gasteiger charge is 2.27. The maximum Gasteiger partial charge on any atom is 0.411 e. The normalized spacial score (nSPS) is 11.8. The van der Waals surface area contributed by atoms with E-state index in [2.05, 4.69) is 14.7 Å². The smallest absolute Gasteiger partial charge is 0.364 e. The molecule has 0 unspecified atom stereocenters. The number of ether oxygens (including phenoxy) is 1. The first-order valence-corrected chi connectivity index (χ1v) is 5.14. The van der Waals surface area contributed by atoms with Crippen LogP contribution >= 0.6 is 0 Å². The van der Waals surface area contributed by atoms with Crippen LogP contribution in [0.2, 0.25) is 0 Å². The number of nitrogens with one attached hydrogen (secondary N) is 1. The topological polar surface area (TPSA) is 55.0 Å². The van der Waals surface area contributed by atoms with Gasteiger partial charge in [0.15, 0.2) is 0 Å². The second kappa shape index (κ2) is 5.81. The second-order valence-corrected chi connectivity index (χ2v) is 3.54. The van der Waals surface area contributed by atoms with E-state index in [1.165, 1.54) is 6.07 Å². The third kappa shape index (κ3) is 5.48. The third-order valence-corrected chi connectivity index (χ3v) is 1.85. The first-order chi connectivity index (χ1) is 7.90. The summed E-state index contributed by atoms with van der Waals surface area (Å²) in [6, 6.07) is 1.33. The lowest BCUT2D eigenvalue weighted by molar-refractivity contribution is -0.177. The van der Waals surface area contributed by atoms with E-state index in [4.69, 9.17) is 0 Å². The van der Waals surface area contributed by atoms with Crippen LogP contribution in [0.1, 0.15) is 24.9 Å². The Kier molecular flexibility index (Phi) is 4.68. The summed E-state index contributed by atoms with van der Waals surface area (Å²) in [6.45, 7) is 0.212. The molecule has 7 heteroatoms. The number of H-pyrrole nitrogens is 1. The van der Waals surface area contributed by atoms with Gasteiger partial charge in [-0.05, 0) is 6.42 Å². The zero-order chi connectivity index (χ0) is 12.9. The number of hydrogen-bond donors (Lipinski definition) is 1. The van der Waals surface area contributed by atoms with E-state index in [-0.39, 0.29) is 18.0 Å². The van der Waals surface area contributed by atoms with Crippen LogP contribution in [0, 0.1) is 0 Å². The average Bonchev–Trinajstić information content (AvgIpc) is 2.15. The van der Waals surface area contributed by atoms with Crippen molar-refractivity contribution in [3.05, 3.63) is 27.9 Å². The molecule has 0 atom stereocenters. The lowest BCUT2D eigenvalue weighted by atomic mass is 10.2. The van der Waals surface area contributed by atoms with E-state index in [9.17, 15) is 18.0 Å². The van der Waals surface area contributed by atoms with Crippen molar-refractivity contribution >= 4 is 0 Å². The van der Waals surface area contributed by atoms with Crippen molar-refractivity contribution in [2.75, 3.05) is 6.61 Å². The van der Waals surface area contributed by atoms with Crippen molar-refractivity contribution in [3.8, 4) is 0 Å². The second-order valence-electron chi connectivity index (χ2n) is 3.54. The van der Waals surface area contributed by atoms with Crippen LogP contribution in [0.25, 0.3) is 0 Å². The first kappa shape index (κ1) is 13.7. The molecule has 4 nitrogen and oxygen atoms in total. The van der Waals surface area contributed by atoms with Crippen molar-refractivity contribution in [2.45, 2.75) is 32.5 Å². The van der Waals surface area contributed by atoms with Crippen LogP contribution in [0.15, 0.2) is 10.9 Å². The molecule has 0 amide bonds. The Morgan fingerprint density at radius 2 is 2.18 bits per heavy atom. The van der Waals surface area contributed by atoms with Gasteiger partial charge in [-0.2, -0.15) is 13.2 Å². The van der Waals surface area contributed by atoms with Crippen molar-refractivity contribution in [1.29, 1.82) is 0 Å². The summed E-state index contributed by atoms with van der Waals surface area (Å²) in [5, 5.41) is 0. The zero-order valence-corrected chi connectivity index (χ0v) is 9.30. The van der Waals surface area contributed by atoms with Crippen molar-refractivity contribution < 1.29 is 17.9 Å². The fourth-order valence-electron chi connectivity index (χ4n) is 1.28. The molecule has 0 aliphatic carbocycles. The molecular weight excluding hydrogens is 237 g/mol. The predicted octanol–water partition coefficient (Wildman–Crippen LogP) is 1.80. The third-order valence-electron chi connectivity index (χ3n) is 1.85. The van der Waals surface area contributed by atoms with Gasteiger partial charge in [0.2, 0.25) is 0 Å². The summed E-state index contributed by atoms with van der Waals surface area (Å²) in [5.74, 6) is 0.116. The highest BCUT2D eigenvalue weighted by Crippen LogP contribution is 2.14. The fourth-order valence-corrected chi connectivity index (χ4v) is 1.28. The molecule has 0 bridgehead atoms. The van der Waals surface area contributed by atoms with Gasteiger partial charge >= 0.3 is 6.18 Å². The quantitative estimate of drug-likeness (QED) is 0.867. The molecule has 0 aromatic carbocycles. The van der Waals surface area contributed by atoms with Gasteiger partial charge in [-0.15, -0.1) is 0 Å². The largest absolute Gasteiger partial charge is 0.411 e. The maximum atomic E-state index is 11.8. The number of aromatic amines is 1. The average molecular weight is 250 g/mol. The Hall–Kier alpha value is -1.37.